The third-order valence-electron chi connectivity index (χ3n) is 3.11. The van der Waals surface area contributed by atoms with Crippen molar-refractivity contribution in [3.63, 3.8) is 0 Å². The smallest absolute Gasteiger partial charge is 0.0671 e. The second-order valence-corrected chi connectivity index (χ2v) is 4.22. The molecule has 1 fully saturated rings. The minimum Gasteiger partial charge on any atom is -0.330 e. The Hall–Kier alpha value is -0.830. The molecule has 0 atom stereocenters. The maximum absolute atomic E-state index is 5.59. The van der Waals surface area contributed by atoms with Gasteiger partial charge in [0.2, 0.25) is 0 Å². The average molecular weight is 193 g/mol. The van der Waals surface area contributed by atoms with Crippen molar-refractivity contribution < 1.29 is 0 Å². The van der Waals surface area contributed by atoms with Crippen LogP contribution in [0.5, 0.6) is 0 Å². The molecule has 14 heavy (non-hydrogen) atoms. The molecule has 0 amide bonds. The molecule has 0 spiro atoms. The van der Waals surface area contributed by atoms with Crippen LogP contribution in [0.1, 0.15) is 42.9 Å². The van der Waals surface area contributed by atoms with Crippen LogP contribution in [-0.2, 0) is 13.5 Å². The van der Waals surface area contributed by atoms with E-state index in [1.54, 1.807) is 0 Å². The predicted molar refractivity (Wildman–Crippen MR) is 57.2 cm³/mol. The Kier molecular flexibility index (Phi) is 2.87. The van der Waals surface area contributed by atoms with Crippen molar-refractivity contribution in [2.24, 2.45) is 12.8 Å². The summed E-state index contributed by atoms with van der Waals surface area (Å²) in [5, 5.41) is 4.48. The molecule has 1 aliphatic rings. The first kappa shape index (κ1) is 9.71. The zero-order valence-corrected chi connectivity index (χ0v) is 8.87. The van der Waals surface area contributed by atoms with E-state index in [-0.39, 0.29) is 0 Å². The van der Waals surface area contributed by atoms with Gasteiger partial charge in [0.05, 0.1) is 5.69 Å². The zero-order chi connectivity index (χ0) is 9.97. The van der Waals surface area contributed by atoms with Crippen LogP contribution < -0.4 is 5.73 Å². The van der Waals surface area contributed by atoms with E-state index in [4.69, 9.17) is 5.73 Å². The van der Waals surface area contributed by atoms with E-state index in [0.717, 1.165) is 12.3 Å². The number of nitrogens with two attached hydrogens (primary N) is 1. The second kappa shape index (κ2) is 4.13. The molecule has 78 valence electrons. The lowest BCUT2D eigenvalue weighted by atomic mass is 9.97. The Bertz CT molecular complexity index is 297. The Morgan fingerprint density at radius 3 is 2.86 bits per heavy atom. The van der Waals surface area contributed by atoms with Gasteiger partial charge in [0.1, 0.15) is 0 Å². The Morgan fingerprint density at radius 1 is 1.50 bits per heavy atom. The molecule has 1 saturated carbocycles. The van der Waals surface area contributed by atoms with E-state index < -0.39 is 0 Å². The minimum absolute atomic E-state index is 0.705. The number of hydrogen-bond acceptors (Lipinski definition) is 2. The molecular weight excluding hydrogens is 174 g/mol. The molecule has 0 aromatic carbocycles. The highest BCUT2D eigenvalue weighted by Crippen LogP contribution is 2.35. The largest absolute Gasteiger partial charge is 0.330 e. The average Bonchev–Trinajstić information content (AvgIpc) is 2.74. The summed E-state index contributed by atoms with van der Waals surface area (Å²) in [5.74, 6) is 0.755. The summed E-state index contributed by atoms with van der Waals surface area (Å²) >= 11 is 0. The summed E-state index contributed by atoms with van der Waals surface area (Å²) in [6.07, 6.45) is 8.53. The van der Waals surface area contributed by atoms with Crippen LogP contribution in [0.15, 0.2) is 6.20 Å². The highest BCUT2D eigenvalue weighted by Gasteiger charge is 2.21. The predicted octanol–water partition coefficient (Wildman–Crippen LogP) is 1.58. The Morgan fingerprint density at radius 2 is 2.21 bits per heavy atom. The van der Waals surface area contributed by atoms with Gasteiger partial charge >= 0.3 is 0 Å². The van der Waals surface area contributed by atoms with Crippen LogP contribution in [0.25, 0.3) is 0 Å². The molecule has 1 aromatic rings. The van der Waals surface area contributed by atoms with Crippen molar-refractivity contribution in [1.29, 1.82) is 0 Å². The highest BCUT2D eigenvalue weighted by molar-refractivity contribution is 5.23. The van der Waals surface area contributed by atoms with E-state index in [9.17, 15) is 0 Å². The molecule has 1 aromatic heterocycles. The summed E-state index contributed by atoms with van der Waals surface area (Å²) in [4.78, 5) is 0. The molecule has 2 N–H and O–H groups in total. The van der Waals surface area contributed by atoms with Gasteiger partial charge in [-0.3, -0.25) is 4.68 Å². The van der Waals surface area contributed by atoms with Crippen LogP contribution in [0.2, 0.25) is 0 Å². The van der Waals surface area contributed by atoms with Crippen molar-refractivity contribution in [1.82, 2.24) is 9.78 Å². The van der Waals surface area contributed by atoms with E-state index in [0.29, 0.717) is 6.54 Å². The molecule has 2 rings (SSSR count). The SMILES string of the molecule is Cn1cc(C2CCCC2)c(CCN)n1. The molecule has 0 bridgehead atoms. The second-order valence-electron chi connectivity index (χ2n) is 4.22. The van der Waals surface area contributed by atoms with Crippen molar-refractivity contribution in [3.8, 4) is 0 Å². The first-order valence-corrected chi connectivity index (χ1v) is 5.53. The van der Waals surface area contributed by atoms with Gasteiger partial charge in [-0.1, -0.05) is 12.8 Å². The van der Waals surface area contributed by atoms with Crippen LogP contribution in [-0.4, -0.2) is 16.3 Å². The molecule has 0 aliphatic heterocycles. The van der Waals surface area contributed by atoms with Crippen molar-refractivity contribution in [3.05, 3.63) is 17.5 Å². The zero-order valence-electron chi connectivity index (χ0n) is 8.87. The molecule has 3 nitrogen and oxygen atoms in total. The van der Waals surface area contributed by atoms with Crippen LogP contribution in [0.3, 0.4) is 0 Å². The molecule has 0 unspecified atom stereocenters. The molecule has 0 saturated heterocycles. The topological polar surface area (TPSA) is 43.8 Å². The van der Waals surface area contributed by atoms with Gasteiger partial charge in [-0.2, -0.15) is 5.10 Å². The normalized spacial score (nSPS) is 17.9. The third-order valence-corrected chi connectivity index (χ3v) is 3.11. The van der Waals surface area contributed by atoms with E-state index in [1.807, 2.05) is 11.7 Å². The molecule has 0 radical (unpaired) electrons. The van der Waals surface area contributed by atoms with Crippen LogP contribution in [0.4, 0.5) is 0 Å². The van der Waals surface area contributed by atoms with Gasteiger partial charge in [0, 0.05) is 19.7 Å². The lowest BCUT2D eigenvalue weighted by Crippen LogP contribution is -2.06. The van der Waals surface area contributed by atoms with E-state index in [1.165, 1.54) is 36.9 Å². The summed E-state index contributed by atoms with van der Waals surface area (Å²) in [6, 6.07) is 0. The van der Waals surface area contributed by atoms with Gasteiger partial charge in [0.15, 0.2) is 0 Å². The number of hydrogen-bond donors (Lipinski definition) is 1. The molecule has 1 heterocycles. The molecule has 3 heteroatoms. The summed E-state index contributed by atoms with van der Waals surface area (Å²) in [5.41, 5.74) is 8.27. The van der Waals surface area contributed by atoms with Crippen molar-refractivity contribution in [2.45, 2.75) is 38.0 Å². The summed E-state index contributed by atoms with van der Waals surface area (Å²) < 4.78 is 1.93. The van der Waals surface area contributed by atoms with Gasteiger partial charge in [0.25, 0.3) is 0 Å². The Balaban J connectivity index is 2.21. The standard InChI is InChI=1S/C11H19N3/c1-14-8-10(9-4-2-3-5-9)11(13-14)6-7-12/h8-9H,2-7,12H2,1H3. The lowest BCUT2D eigenvalue weighted by molar-refractivity contribution is 0.709. The third kappa shape index (κ3) is 1.82. The fourth-order valence-electron chi connectivity index (χ4n) is 2.46. The quantitative estimate of drug-likeness (QED) is 0.792. The fraction of sp³-hybridized carbons (Fsp3) is 0.727. The fourth-order valence-corrected chi connectivity index (χ4v) is 2.46. The first-order valence-electron chi connectivity index (χ1n) is 5.53. The highest BCUT2D eigenvalue weighted by atomic mass is 15.3. The lowest BCUT2D eigenvalue weighted by Gasteiger charge is -2.07. The van der Waals surface area contributed by atoms with E-state index >= 15 is 0 Å². The van der Waals surface area contributed by atoms with Crippen LogP contribution in [0, 0.1) is 0 Å². The van der Waals surface area contributed by atoms with Gasteiger partial charge in [-0.15, -0.1) is 0 Å². The maximum Gasteiger partial charge on any atom is 0.0671 e. The van der Waals surface area contributed by atoms with Gasteiger partial charge < -0.3 is 5.73 Å². The Labute approximate surface area is 85.3 Å². The number of rotatable bonds is 3. The minimum atomic E-state index is 0.705. The number of nitrogens with zero attached hydrogens (tertiary/aromatic N) is 2. The monoisotopic (exact) mass is 193 g/mol. The number of aryl methyl sites for hydroxylation is 1. The molecular formula is C11H19N3. The van der Waals surface area contributed by atoms with Crippen molar-refractivity contribution in [2.75, 3.05) is 6.54 Å². The van der Waals surface area contributed by atoms with Crippen LogP contribution >= 0.6 is 0 Å². The van der Waals surface area contributed by atoms with Gasteiger partial charge in [-0.25, -0.2) is 0 Å². The van der Waals surface area contributed by atoms with Gasteiger partial charge in [-0.05, 0) is 30.9 Å². The maximum atomic E-state index is 5.59. The summed E-state index contributed by atoms with van der Waals surface area (Å²) in [6.45, 7) is 0.705. The summed E-state index contributed by atoms with van der Waals surface area (Å²) in [7, 11) is 2.00. The van der Waals surface area contributed by atoms with E-state index in [2.05, 4.69) is 11.3 Å². The first-order chi connectivity index (χ1) is 6.81. The number of aromatic nitrogens is 2. The molecule has 1 aliphatic carbocycles. The van der Waals surface area contributed by atoms with Crippen molar-refractivity contribution >= 4 is 0 Å².